The molecular formula is C27H30B2O13. The second-order valence-corrected chi connectivity index (χ2v) is 10.4. The fourth-order valence-corrected chi connectivity index (χ4v) is 4.60. The van der Waals surface area contributed by atoms with Crippen LogP contribution in [-0.4, -0.2) is 76.5 Å². The summed E-state index contributed by atoms with van der Waals surface area (Å²) in [7, 11) is -1.79. The van der Waals surface area contributed by atoms with E-state index in [9.17, 15) is 19.4 Å². The van der Waals surface area contributed by atoms with Crippen LogP contribution in [0.4, 0.5) is 0 Å². The van der Waals surface area contributed by atoms with Gasteiger partial charge in [0.15, 0.2) is 23.0 Å². The number of rotatable bonds is 6. The molecule has 4 heterocycles. The van der Waals surface area contributed by atoms with Crippen LogP contribution < -0.4 is 29.9 Å². The summed E-state index contributed by atoms with van der Waals surface area (Å²) in [5, 5.41) is 9.70. The van der Waals surface area contributed by atoms with Gasteiger partial charge in [0.05, 0.1) is 19.8 Å². The van der Waals surface area contributed by atoms with Gasteiger partial charge in [-0.3, -0.25) is 4.79 Å². The predicted octanol–water partition coefficient (Wildman–Crippen LogP) is 0.492. The first-order valence-corrected chi connectivity index (χ1v) is 13.5. The van der Waals surface area contributed by atoms with E-state index in [0.29, 0.717) is 59.8 Å². The minimum Gasteiger partial charge on any atom is -0.460 e. The second-order valence-electron chi connectivity index (χ2n) is 10.4. The van der Waals surface area contributed by atoms with Gasteiger partial charge in [0.2, 0.25) is 0 Å². The van der Waals surface area contributed by atoms with Crippen LogP contribution in [-0.2, 0) is 39.6 Å². The fourth-order valence-electron chi connectivity index (χ4n) is 4.60. The number of hydrogen-bond donors (Lipinski definition) is 1. The Kier molecular flexibility index (Phi) is 8.64. The van der Waals surface area contributed by atoms with Crippen molar-refractivity contribution in [2.75, 3.05) is 26.4 Å². The fraction of sp³-hybridized carbons (Fsp3) is 0.444. The van der Waals surface area contributed by atoms with Crippen molar-refractivity contribution in [2.45, 2.75) is 46.9 Å². The lowest BCUT2D eigenvalue weighted by Gasteiger charge is -2.33. The van der Waals surface area contributed by atoms with Crippen LogP contribution in [0, 0.1) is 5.41 Å². The highest BCUT2D eigenvalue weighted by atomic mass is 16.7. The number of carbonyl (C=O) groups is 3. The normalized spacial score (nSPS) is 20.8. The summed E-state index contributed by atoms with van der Waals surface area (Å²) in [5.41, 5.74) is 2.05. The molecule has 1 fully saturated rings. The molecule has 4 aliphatic rings. The summed E-state index contributed by atoms with van der Waals surface area (Å²) in [6.45, 7) is 9.18. The van der Waals surface area contributed by atoms with Crippen LogP contribution >= 0.6 is 0 Å². The number of fused-ring (bicyclic) bond motifs is 4. The van der Waals surface area contributed by atoms with E-state index in [2.05, 4.69) is 0 Å². The summed E-state index contributed by atoms with van der Waals surface area (Å²) in [4.78, 5) is 34.8. The van der Waals surface area contributed by atoms with Crippen LogP contribution in [0.1, 0.15) is 43.6 Å². The highest BCUT2D eigenvalue weighted by molar-refractivity contribution is 6.64. The van der Waals surface area contributed by atoms with Crippen molar-refractivity contribution in [3.63, 3.8) is 0 Å². The Morgan fingerprint density at radius 3 is 1.98 bits per heavy atom. The quantitative estimate of drug-likeness (QED) is 0.285. The molecule has 6 rings (SSSR count). The number of benzene rings is 2. The third-order valence-corrected chi connectivity index (χ3v) is 6.58. The Hall–Kier alpha value is -3.78. The topological polar surface area (TPSA) is 155 Å². The molecule has 0 radical (unpaired) electrons. The summed E-state index contributed by atoms with van der Waals surface area (Å²) < 4.78 is 48.1. The zero-order valence-electron chi connectivity index (χ0n) is 23.6. The van der Waals surface area contributed by atoms with E-state index in [4.69, 9.17) is 42.4 Å². The predicted molar refractivity (Wildman–Crippen MR) is 145 cm³/mol. The molecule has 0 saturated carbocycles. The van der Waals surface area contributed by atoms with Crippen molar-refractivity contribution in [1.82, 2.24) is 0 Å². The van der Waals surface area contributed by atoms with E-state index in [1.165, 1.54) is 0 Å². The molecule has 0 bridgehead atoms. The summed E-state index contributed by atoms with van der Waals surface area (Å²) in [6.07, 6.45) is -1.61. The summed E-state index contributed by atoms with van der Waals surface area (Å²) in [6, 6.07) is 6.63. The maximum atomic E-state index is 11.8. The number of ether oxygens (including phenoxy) is 6. The van der Waals surface area contributed by atoms with Crippen LogP contribution in [0.15, 0.2) is 24.3 Å². The molecule has 0 spiro atoms. The molecule has 15 heteroatoms. The lowest BCUT2D eigenvalue weighted by atomic mass is 9.72. The Bertz CT molecular complexity index is 1350. The van der Waals surface area contributed by atoms with Crippen molar-refractivity contribution >= 4 is 43.4 Å². The molecule has 2 aromatic rings. The molecule has 13 nitrogen and oxygen atoms in total. The van der Waals surface area contributed by atoms with Crippen LogP contribution in [0.3, 0.4) is 0 Å². The van der Waals surface area contributed by atoms with Crippen molar-refractivity contribution in [3.8, 4) is 23.0 Å². The molecule has 4 aliphatic heterocycles. The van der Waals surface area contributed by atoms with Crippen molar-refractivity contribution in [2.24, 2.45) is 5.41 Å². The maximum absolute atomic E-state index is 11.8. The van der Waals surface area contributed by atoms with Gasteiger partial charge in [0.1, 0.15) is 6.29 Å². The first-order valence-electron chi connectivity index (χ1n) is 13.5. The van der Waals surface area contributed by atoms with E-state index < -0.39 is 38.8 Å². The van der Waals surface area contributed by atoms with Crippen LogP contribution in [0.2, 0.25) is 0 Å². The van der Waals surface area contributed by atoms with Gasteiger partial charge in [-0.15, -0.1) is 0 Å². The van der Waals surface area contributed by atoms with Gasteiger partial charge in [-0.2, -0.15) is 0 Å². The number of aldehydes is 1. The summed E-state index contributed by atoms with van der Waals surface area (Å²) >= 11 is 0. The zero-order valence-corrected chi connectivity index (χ0v) is 23.6. The van der Waals surface area contributed by atoms with Gasteiger partial charge >= 0.3 is 38.8 Å². The Labute approximate surface area is 242 Å². The molecule has 2 atom stereocenters. The van der Waals surface area contributed by atoms with E-state index in [1.54, 1.807) is 38.1 Å². The molecule has 222 valence electrons. The van der Waals surface area contributed by atoms with Crippen LogP contribution in [0.25, 0.3) is 0 Å². The number of esters is 2. The Morgan fingerprint density at radius 2 is 1.43 bits per heavy atom. The second kappa shape index (κ2) is 12.2. The Morgan fingerprint density at radius 1 is 0.881 bits per heavy atom. The molecule has 0 aromatic heterocycles. The van der Waals surface area contributed by atoms with Gasteiger partial charge in [-0.05, 0) is 37.6 Å². The average molecular weight is 584 g/mol. The van der Waals surface area contributed by atoms with E-state index >= 15 is 0 Å². The maximum Gasteiger partial charge on any atom is 0.498 e. The first-order chi connectivity index (χ1) is 20.2. The monoisotopic (exact) mass is 584 g/mol. The molecule has 1 saturated heterocycles. The van der Waals surface area contributed by atoms with Gasteiger partial charge in [-0.1, -0.05) is 19.9 Å². The molecule has 0 amide bonds. The smallest absolute Gasteiger partial charge is 0.460 e. The van der Waals surface area contributed by atoms with E-state index in [1.807, 2.05) is 13.8 Å². The molecule has 1 N–H and O–H groups in total. The minimum absolute atomic E-state index is 0.110. The third kappa shape index (κ3) is 5.91. The van der Waals surface area contributed by atoms with Crippen molar-refractivity contribution < 1.29 is 61.8 Å². The number of carbonyl (C=O) groups excluding carboxylic acids is 3. The zero-order chi connectivity index (χ0) is 30.0. The van der Waals surface area contributed by atoms with Crippen LogP contribution in [0.5, 0.6) is 23.0 Å². The lowest BCUT2D eigenvalue weighted by molar-refractivity contribution is -0.161. The van der Waals surface area contributed by atoms with Gasteiger partial charge in [-0.25, -0.2) is 9.59 Å². The molecule has 0 aliphatic carbocycles. The summed E-state index contributed by atoms with van der Waals surface area (Å²) in [5.74, 6) is 0.190. The Balaban J connectivity index is 0.000000175. The average Bonchev–Trinajstić information content (AvgIpc) is 3.70. The molecule has 42 heavy (non-hydrogen) atoms. The van der Waals surface area contributed by atoms with E-state index in [0.717, 1.165) is 5.56 Å². The number of hydrogen-bond acceptors (Lipinski definition) is 13. The highest BCUT2D eigenvalue weighted by Gasteiger charge is 2.43. The standard InChI is InChI=1S/C16H19BO7.C11H11BO6/c1-4-20-14(19)15-23-11-6-5-10(7-18)12(13(11)24-15)17-21-8-16(2,3)9-22-17;1-2-15-10(13)11-17-7-4-3-6-5-16-12(14)8(6)9(7)18-11/h5-7,15H,4,8-9H2,1-3H3;3-4,11,14H,2,5H2,1H3. The SMILES string of the molecule is CCOC(=O)C1Oc2ccc(C=O)c(B3OCC(C)(C)CO3)c2O1.CCOC(=O)C1Oc2ccc3c(c2O1)B(O)OC3. The first kappa shape index (κ1) is 29.7. The minimum atomic E-state index is -1.19. The van der Waals surface area contributed by atoms with Gasteiger partial charge < -0.3 is 47.4 Å². The van der Waals surface area contributed by atoms with Gasteiger partial charge in [0, 0.05) is 35.1 Å². The van der Waals surface area contributed by atoms with Crippen molar-refractivity contribution in [1.29, 1.82) is 0 Å². The molecule has 2 aromatic carbocycles. The molecule has 2 unspecified atom stereocenters. The molecular weight excluding hydrogens is 554 g/mol. The van der Waals surface area contributed by atoms with Crippen molar-refractivity contribution in [3.05, 3.63) is 35.4 Å². The highest BCUT2D eigenvalue weighted by Crippen LogP contribution is 2.37. The third-order valence-electron chi connectivity index (χ3n) is 6.58. The lowest BCUT2D eigenvalue weighted by Crippen LogP contribution is -2.49. The van der Waals surface area contributed by atoms with Gasteiger partial charge in [0.25, 0.3) is 0 Å². The van der Waals surface area contributed by atoms with E-state index in [-0.39, 0.29) is 24.4 Å². The largest absolute Gasteiger partial charge is 0.498 e.